The van der Waals surface area contributed by atoms with Gasteiger partial charge in [-0.25, -0.2) is 4.39 Å². The van der Waals surface area contributed by atoms with E-state index in [4.69, 9.17) is 14.5 Å². The molecule has 2 heterocycles. The number of nitrogens with one attached hydrogen (secondary N) is 1. The van der Waals surface area contributed by atoms with Crippen LogP contribution in [0.1, 0.15) is 25.5 Å². The third-order valence-corrected chi connectivity index (χ3v) is 5.91. The summed E-state index contributed by atoms with van der Waals surface area (Å²) in [7, 11) is 1.44. The van der Waals surface area contributed by atoms with Crippen molar-refractivity contribution >= 4 is 11.9 Å². The van der Waals surface area contributed by atoms with Gasteiger partial charge in [0.25, 0.3) is 0 Å². The Balaban J connectivity index is 1.78. The highest BCUT2D eigenvalue weighted by Crippen LogP contribution is 2.26. The number of methoxy groups -OCH3 is 1. The van der Waals surface area contributed by atoms with E-state index in [9.17, 15) is 9.18 Å². The van der Waals surface area contributed by atoms with Crippen molar-refractivity contribution in [3.05, 3.63) is 35.6 Å². The van der Waals surface area contributed by atoms with Crippen molar-refractivity contribution in [3.8, 4) is 0 Å². The average molecular weight is 421 g/mol. The molecule has 2 fully saturated rings. The number of hydrogen-bond acceptors (Lipinski definition) is 5. The standard InChI is InChI=1S/C22H33FN4O3/c1-4-24-22(27-14-16(2)19(15-27)21(28)29-3)25-13-20(26-9-11-30-12-10-26)17-5-7-18(23)8-6-17/h5-8,16,19-20H,4,9-15H2,1-3H3,(H,24,25). The highest BCUT2D eigenvalue weighted by molar-refractivity contribution is 5.82. The predicted octanol–water partition coefficient (Wildman–Crippen LogP) is 1.91. The van der Waals surface area contributed by atoms with Gasteiger partial charge in [-0.2, -0.15) is 0 Å². The normalized spacial score (nSPS) is 24.0. The highest BCUT2D eigenvalue weighted by Gasteiger charge is 2.37. The van der Waals surface area contributed by atoms with Gasteiger partial charge in [0.15, 0.2) is 5.96 Å². The van der Waals surface area contributed by atoms with Crippen LogP contribution in [0.4, 0.5) is 4.39 Å². The van der Waals surface area contributed by atoms with Crippen molar-refractivity contribution in [2.24, 2.45) is 16.8 Å². The van der Waals surface area contributed by atoms with Gasteiger partial charge < -0.3 is 19.7 Å². The molecule has 3 unspecified atom stereocenters. The third kappa shape index (κ3) is 5.49. The molecular weight excluding hydrogens is 387 g/mol. The molecule has 0 amide bonds. The van der Waals surface area contributed by atoms with Gasteiger partial charge in [0, 0.05) is 32.7 Å². The van der Waals surface area contributed by atoms with Crippen molar-refractivity contribution < 1.29 is 18.7 Å². The van der Waals surface area contributed by atoms with Gasteiger partial charge in [0.2, 0.25) is 0 Å². The maximum atomic E-state index is 13.5. The zero-order chi connectivity index (χ0) is 21.5. The fraction of sp³-hybridized carbons (Fsp3) is 0.636. The largest absolute Gasteiger partial charge is 0.469 e. The van der Waals surface area contributed by atoms with E-state index in [0.29, 0.717) is 26.3 Å². The van der Waals surface area contributed by atoms with Crippen LogP contribution in [0.3, 0.4) is 0 Å². The molecule has 30 heavy (non-hydrogen) atoms. The third-order valence-electron chi connectivity index (χ3n) is 5.91. The molecule has 7 nitrogen and oxygen atoms in total. The fourth-order valence-electron chi connectivity index (χ4n) is 4.20. The Hall–Kier alpha value is -2.19. The molecule has 0 spiro atoms. The number of nitrogens with zero attached hydrogens (tertiary/aromatic N) is 3. The van der Waals surface area contributed by atoms with Crippen LogP contribution in [0.5, 0.6) is 0 Å². The number of aliphatic imine (C=N–C) groups is 1. The molecule has 2 aliphatic heterocycles. The number of ether oxygens (including phenoxy) is 2. The summed E-state index contributed by atoms with van der Waals surface area (Å²) in [6, 6.07) is 6.72. The summed E-state index contributed by atoms with van der Waals surface area (Å²) < 4.78 is 23.9. The molecule has 1 aromatic rings. The molecule has 2 saturated heterocycles. The number of likely N-dealkylation sites (tertiary alicyclic amines) is 1. The molecule has 3 rings (SSSR count). The smallest absolute Gasteiger partial charge is 0.310 e. The molecular formula is C22H33FN4O3. The van der Waals surface area contributed by atoms with Gasteiger partial charge in [-0.3, -0.25) is 14.7 Å². The molecule has 0 aliphatic carbocycles. The zero-order valence-electron chi connectivity index (χ0n) is 18.1. The van der Waals surface area contributed by atoms with Crippen LogP contribution in [0.15, 0.2) is 29.3 Å². The maximum absolute atomic E-state index is 13.5. The first-order valence-corrected chi connectivity index (χ1v) is 10.7. The number of morpholine rings is 1. The minimum atomic E-state index is -0.240. The van der Waals surface area contributed by atoms with Crippen molar-refractivity contribution in [1.29, 1.82) is 0 Å². The lowest BCUT2D eigenvalue weighted by molar-refractivity contribution is -0.145. The molecule has 2 aliphatic rings. The minimum Gasteiger partial charge on any atom is -0.469 e. The van der Waals surface area contributed by atoms with Gasteiger partial charge in [-0.1, -0.05) is 19.1 Å². The predicted molar refractivity (Wildman–Crippen MR) is 114 cm³/mol. The maximum Gasteiger partial charge on any atom is 0.310 e. The van der Waals surface area contributed by atoms with Crippen molar-refractivity contribution in [2.75, 3.05) is 59.6 Å². The van der Waals surface area contributed by atoms with Crippen molar-refractivity contribution in [2.45, 2.75) is 19.9 Å². The second-order valence-electron chi connectivity index (χ2n) is 7.92. The molecule has 8 heteroatoms. The number of esters is 1. The molecule has 0 saturated carbocycles. The monoisotopic (exact) mass is 420 g/mol. The first-order valence-electron chi connectivity index (χ1n) is 10.7. The Morgan fingerprint density at radius 2 is 2.00 bits per heavy atom. The average Bonchev–Trinajstić information content (AvgIpc) is 3.16. The first-order chi connectivity index (χ1) is 14.5. The van der Waals surface area contributed by atoms with E-state index in [0.717, 1.165) is 37.7 Å². The summed E-state index contributed by atoms with van der Waals surface area (Å²) in [6.45, 7) is 9.75. The Labute approximate surface area is 178 Å². The summed E-state index contributed by atoms with van der Waals surface area (Å²) in [5, 5.41) is 3.36. The van der Waals surface area contributed by atoms with E-state index in [-0.39, 0.29) is 29.7 Å². The molecule has 0 bridgehead atoms. The summed E-state index contributed by atoms with van der Waals surface area (Å²) in [6.07, 6.45) is 0. The minimum absolute atomic E-state index is 0.0413. The van der Waals surface area contributed by atoms with Gasteiger partial charge in [0.1, 0.15) is 5.82 Å². The fourth-order valence-corrected chi connectivity index (χ4v) is 4.20. The molecule has 1 aromatic carbocycles. The number of halogens is 1. The van der Waals surface area contributed by atoms with Gasteiger partial charge in [-0.15, -0.1) is 0 Å². The molecule has 166 valence electrons. The van der Waals surface area contributed by atoms with Crippen molar-refractivity contribution in [3.63, 3.8) is 0 Å². The Morgan fingerprint density at radius 3 is 2.63 bits per heavy atom. The Kier molecular flexibility index (Phi) is 8.04. The van der Waals surface area contributed by atoms with Crippen LogP contribution in [-0.2, 0) is 14.3 Å². The Morgan fingerprint density at radius 1 is 1.30 bits per heavy atom. The number of carbonyl (C=O) groups excluding carboxylic acids is 1. The van der Waals surface area contributed by atoms with Crippen LogP contribution < -0.4 is 5.32 Å². The zero-order valence-corrected chi connectivity index (χ0v) is 18.1. The van der Waals surface area contributed by atoms with Crippen LogP contribution in [0, 0.1) is 17.7 Å². The van der Waals surface area contributed by atoms with Crippen LogP contribution in [0.25, 0.3) is 0 Å². The van der Waals surface area contributed by atoms with E-state index in [1.807, 2.05) is 19.1 Å². The van der Waals surface area contributed by atoms with Gasteiger partial charge >= 0.3 is 5.97 Å². The number of guanidine groups is 1. The highest BCUT2D eigenvalue weighted by atomic mass is 19.1. The van der Waals surface area contributed by atoms with E-state index < -0.39 is 0 Å². The molecule has 1 N–H and O–H groups in total. The summed E-state index contributed by atoms with van der Waals surface area (Å²) >= 11 is 0. The molecule has 0 aromatic heterocycles. The molecule has 0 radical (unpaired) electrons. The van der Waals surface area contributed by atoms with Crippen LogP contribution in [-0.4, -0.2) is 81.3 Å². The lowest BCUT2D eigenvalue weighted by atomic mass is 9.99. The van der Waals surface area contributed by atoms with Crippen LogP contribution in [0.2, 0.25) is 0 Å². The number of benzene rings is 1. The topological polar surface area (TPSA) is 66.4 Å². The number of rotatable bonds is 6. The SMILES string of the molecule is CCNC(=NCC(c1ccc(F)cc1)N1CCOCC1)N1CC(C)C(C(=O)OC)C1. The second-order valence-corrected chi connectivity index (χ2v) is 7.92. The Bertz CT molecular complexity index is 722. The quantitative estimate of drug-likeness (QED) is 0.431. The van der Waals surface area contributed by atoms with E-state index in [1.165, 1.54) is 19.2 Å². The summed E-state index contributed by atoms with van der Waals surface area (Å²) in [5.74, 6) is 0.449. The van der Waals surface area contributed by atoms with Crippen molar-refractivity contribution in [1.82, 2.24) is 15.1 Å². The number of hydrogen-bond donors (Lipinski definition) is 1. The van der Waals surface area contributed by atoms with E-state index >= 15 is 0 Å². The summed E-state index contributed by atoms with van der Waals surface area (Å²) in [5.41, 5.74) is 1.04. The second kappa shape index (κ2) is 10.7. The first kappa shape index (κ1) is 22.5. The van der Waals surface area contributed by atoms with E-state index in [2.05, 4.69) is 22.0 Å². The lowest BCUT2D eigenvalue weighted by Crippen LogP contribution is -2.43. The lowest BCUT2D eigenvalue weighted by Gasteiger charge is -2.34. The van der Waals surface area contributed by atoms with Crippen LogP contribution >= 0.6 is 0 Å². The molecule has 3 atom stereocenters. The van der Waals surface area contributed by atoms with Gasteiger partial charge in [0.05, 0.1) is 38.8 Å². The van der Waals surface area contributed by atoms with E-state index in [1.54, 1.807) is 0 Å². The number of carbonyl (C=O) groups is 1. The van der Waals surface area contributed by atoms with Gasteiger partial charge in [-0.05, 0) is 30.5 Å². The summed E-state index contributed by atoms with van der Waals surface area (Å²) in [4.78, 5) is 21.5.